The van der Waals surface area contributed by atoms with E-state index in [-0.39, 0.29) is 11.8 Å². The van der Waals surface area contributed by atoms with Crippen molar-refractivity contribution in [2.75, 3.05) is 20.1 Å². The number of nitrogens with zero attached hydrogens (tertiary/aromatic N) is 2. The molecule has 3 amide bonds. The van der Waals surface area contributed by atoms with E-state index >= 15 is 0 Å². The highest BCUT2D eigenvalue weighted by molar-refractivity contribution is 5.78. The molecule has 0 radical (unpaired) electrons. The second kappa shape index (κ2) is 9.53. The van der Waals surface area contributed by atoms with Crippen LogP contribution in [0.15, 0.2) is 0 Å². The van der Waals surface area contributed by atoms with Crippen LogP contribution in [0.1, 0.15) is 59.3 Å². The molecule has 132 valence electrons. The third kappa shape index (κ3) is 6.59. The third-order valence-corrected chi connectivity index (χ3v) is 4.60. The smallest absolute Gasteiger partial charge is 0.222 e. The molecule has 3 rings (SSSR count). The van der Waals surface area contributed by atoms with Crippen molar-refractivity contribution in [3.63, 3.8) is 0 Å². The van der Waals surface area contributed by atoms with Gasteiger partial charge in [0.05, 0.1) is 0 Å². The van der Waals surface area contributed by atoms with Crippen molar-refractivity contribution in [3.05, 3.63) is 0 Å². The molecule has 2 atom stereocenters. The summed E-state index contributed by atoms with van der Waals surface area (Å²) in [6.07, 6.45) is 5.35. The maximum atomic E-state index is 10.7. The van der Waals surface area contributed by atoms with Crippen LogP contribution in [0.4, 0.5) is 0 Å². The van der Waals surface area contributed by atoms with Crippen LogP contribution in [0.25, 0.3) is 0 Å². The van der Waals surface area contributed by atoms with Gasteiger partial charge in [-0.15, -0.1) is 0 Å². The van der Waals surface area contributed by atoms with Crippen molar-refractivity contribution in [3.8, 4) is 0 Å². The van der Waals surface area contributed by atoms with Crippen LogP contribution in [-0.2, 0) is 14.4 Å². The molecule has 3 saturated heterocycles. The molecule has 2 unspecified atom stereocenters. The first-order valence-electron chi connectivity index (χ1n) is 8.68. The Morgan fingerprint density at radius 3 is 1.91 bits per heavy atom. The zero-order chi connectivity index (χ0) is 17.4. The monoisotopic (exact) mass is 325 g/mol. The number of nitrogens with one attached hydrogen (secondary N) is 1. The van der Waals surface area contributed by atoms with Gasteiger partial charge < -0.3 is 15.1 Å². The summed E-state index contributed by atoms with van der Waals surface area (Å²) < 4.78 is 0. The number of carbonyl (C=O) groups excluding carboxylic acids is 3. The number of carbonyl (C=O) groups is 3. The highest BCUT2D eigenvalue weighted by Crippen LogP contribution is 2.14. The minimum absolute atomic E-state index is 0.201. The second-order valence-electron chi connectivity index (χ2n) is 6.48. The molecule has 6 nitrogen and oxygen atoms in total. The van der Waals surface area contributed by atoms with Gasteiger partial charge in [-0.3, -0.25) is 14.4 Å². The lowest BCUT2D eigenvalue weighted by Gasteiger charge is -2.13. The fourth-order valence-corrected chi connectivity index (χ4v) is 2.75. The lowest BCUT2D eigenvalue weighted by Crippen LogP contribution is -2.25. The molecule has 0 saturated carbocycles. The zero-order valence-corrected chi connectivity index (χ0v) is 14.9. The molecule has 1 N–H and O–H groups in total. The predicted octanol–water partition coefficient (Wildman–Crippen LogP) is 1.54. The molecular formula is C17H31N3O3. The average Bonchev–Trinajstić information content (AvgIpc) is 3.19. The number of amides is 3. The Bertz CT molecular complexity index is 419. The number of hydrogen-bond donors (Lipinski definition) is 1. The molecule has 6 heteroatoms. The predicted molar refractivity (Wildman–Crippen MR) is 89.8 cm³/mol. The fourth-order valence-electron chi connectivity index (χ4n) is 2.75. The van der Waals surface area contributed by atoms with Gasteiger partial charge in [0.2, 0.25) is 17.7 Å². The summed E-state index contributed by atoms with van der Waals surface area (Å²) in [5.41, 5.74) is 0. The number of hydrogen-bond acceptors (Lipinski definition) is 3. The normalized spacial score (nSPS) is 26.5. The van der Waals surface area contributed by atoms with E-state index in [1.807, 2.05) is 25.8 Å². The molecule has 0 spiro atoms. The van der Waals surface area contributed by atoms with E-state index in [0.29, 0.717) is 18.0 Å². The highest BCUT2D eigenvalue weighted by atomic mass is 16.2. The molecule has 23 heavy (non-hydrogen) atoms. The molecule has 3 fully saturated rings. The molecule has 0 aliphatic carbocycles. The van der Waals surface area contributed by atoms with Gasteiger partial charge in [-0.05, 0) is 40.0 Å². The largest absolute Gasteiger partial charge is 0.354 e. The van der Waals surface area contributed by atoms with E-state index < -0.39 is 0 Å². The van der Waals surface area contributed by atoms with Crippen LogP contribution in [0, 0.1) is 0 Å². The molecule has 0 aromatic rings. The van der Waals surface area contributed by atoms with Gasteiger partial charge in [0.1, 0.15) is 0 Å². The first-order valence-corrected chi connectivity index (χ1v) is 8.68. The van der Waals surface area contributed by atoms with E-state index in [1.54, 1.807) is 4.90 Å². The van der Waals surface area contributed by atoms with Gasteiger partial charge in [-0.1, -0.05) is 0 Å². The molecule has 0 bridgehead atoms. The Morgan fingerprint density at radius 2 is 1.74 bits per heavy atom. The quantitative estimate of drug-likeness (QED) is 0.795. The average molecular weight is 325 g/mol. The van der Waals surface area contributed by atoms with Crippen molar-refractivity contribution in [2.24, 2.45) is 0 Å². The molecule has 0 aromatic carbocycles. The SMILES string of the molecule is CC1CCC(=O)N1.CC1CCC(=O)N1C.CCN1CCCC1=O. The summed E-state index contributed by atoms with van der Waals surface area (Å²) in [7, 11) is 1.86. The first kappa shape index (κ1) is 19.5. The summed E-state index contributed by atoms with van der Waals surface area (Å²) in [5.74, 6) is 0.817. The maximum Gasteiger partial charge on any atom is 0.222 e. The van der Waals surface area contributed by atoms with E-state index in [4.69, 9.17) is 0 Å². The Hall–Kier alpha value is -1.59. The topological polar surface area (TPSA) is 69.7 Å². The lowest BCUT2D eigenvalue weighted by atomic mass is 10.2. The van der Waals surface area contributed by atoms with Crippen molar-refractivity contribution >= 4 is 17.7 Å². The summed E-state index contributed by atoms with van der Waals surface area (Å²) in [6.45, 7) is 7.98. The van der Waals surface area contributed by atoms with Crippen LogP contribution in [0.2, 0.25) is 0 Å². The standard InChI is InChI=1S/2C6H11NO.C5H9NO/c1-5-3-4-6(8)7(5)2;1-2-7-5-3-4-6(7)8;1-4-2-3-5(7)6-4/h5H,3-4H2,1-2H3;2-5H2,1H3;4H,2-3H2,1H3,(H,6,7). The second-order valence-corrected chi connectivity index (χ2v) is 6.48. The van der Waals surface area contributed by atoms with Gasteiger partial charge in [0, 0.05) is 51.5 Å². The Morgan fingerprint density at radius 1 is 1.04 bits per heavy atom. The molecule has 3 aliphatic heterocycles. The summed E-state index contributed by atoms with van der Waals surface area (Å²) in [4.78, 5) is 35.5. The van der Waals surface area contributed by atoms with Crippen molar-refractivity contribution in [1.82, 2.24) is 15.1 Å². The minimum Gasteiger partial charge on any atom is -0.354 e. The minimum atomic E-state index is 0.201. The van der Waals surface area contributed by atoms with E-state index in [0.717, 1.165) is 51.6 Å². The summed E-state index contributed by atoms with van der Waals surface area (Å²) in [6, 6.07) is 0.898. The summed E-state index contributed by atoms with van der Waals surface area (Å²) in [5, 5.41) is 2.78. The Labute approximate surface area is 139 Å². The van der Waals surface area contributed by atoms with Crippen LogP contribution < -0.4 is 5.32 Å². The van der Waals surface area contributed by atoms with Crippen LogP contribution in [0.5, 0.6) is 0 Å². The molecule has 3 heterocycles. The van der Waals surface area contributed by atoms with Crippen LogP contribution in [0.3, 0.4) is 0 Å². The first-order chi connectivity index (χ1) is 10.8. The molecule has 3 aliphatic rings. The van der Waals surface area contributed by atoms with Gasteiger partial charge >= 0.3 is 0 Å². The van der Waals surface area contributed by atoms with Crippen LogP contribution in [-0.4, -0.2) is 59.7 Å². The zero-order valence-electron chi connectivity index (χ0n) is 14.9. The van der Waals surface area contributed by atoms with Crippen molar-refractivity contribution in [1.29, 1.82) is 0 Å². The van der Waals surface area contributed by atoms with Gasteiger partial charge in [0.25, 0.3) is 0 Å². The van der Waals surface area contributed by atoms with Gasteiger partial charge in [-0.2, -0.15) is 0 Å². The van der Waals surface area contributed by atoms with E-state index in [1.165, 1.54) is 0 Å². The van der Waals surface area contributed by atoms with Crippen molar-refractivity contribution < 1.29 is 14.4 Å². The number of likely N-dealkylation sites (tertiary alicyclic amines) is 2. The molecule has 0 aromatic heterocycles. The summed E-state index contributed by atoms with van der Waals surface area (Å²) >= 11 is 0. The third-order valence-electron chi connectivity index (χ3n) is 4.60. The van der Waals surface area contributed by atoms with Gasteiger partial charge in [-0.25, -0.2) is 0 Å². The van der Waals surface area contributed by atoms with E-state index in [9.17, 15) is 14.4 Å². The highest BCUT2D eigenvalue weighted by Gasteiger charge is 2.22. The van der Waals surface area contributed by atoms with Crippen LogP contribution >= 0.6 is 0 Å². The van der Waals surface area contributed by atoms with E-state index in [2.05, 4.69) is 12.2 Å². The molecular weight excluding hydrogens is 294 g/mol. The maximum absolute atomic E-state index is 10.7. The Balaban J connectivity index is 0.000000173. The van der Waals surface area contributed by atoms with Crippen molar-refractivity contribution in [2.45, 2.75) is 71.4 Å². The van der Waals surface area contributed by atoms with Gasteiger partial charge in [0.15, 0.2) is 0 Å². The fraction of sp³-hybridized carbons (Fsp3) is 0.824. The Kier molecular flexibility index (Phi) is 8.06. The lowest BCUT2D eigenvalue weighted by molar-refractivity contribution is -0.128. The number of rotatable bonds is 1.